The fraction of sp³-hybridized carbons (Fsp3) is 0. The van der Waals surface area contributed by atoms with Crippen molar-refractivity contribution < 1.29 is 0 Å². The molecule has 1 aliphatic heterocycles. The van der Waals surface area contributed by atoms with Crippen LogP contribution < -0.4 is 0 Å². The van der Waals surface area contributed by atoms with E-state index in [-0.39, 0.29) is 0 Å². The Morgan fingerprint density at radius 1 is 0.314 bits per heavy atom. The zero-order valence-electron chi connectivity index (χ0n) is 27.7. The van der Waals surface area contributed by atoms with Crippen LogP contribution in [0.25, 0.3) is 72.0 Å². The van der Waals surface area contributed by atoms with E-state index in [0.29, 0.717) is 0 Å². The van der Waals surface area contributed by atoms with Gasteiger partial charge in [0.05, 0.1) is 11.0 Å². The molecule has 1 aromatic heterocycles. The van der Waals surface area contributed by atoms with E-state index in [0.717, 1.165) is 0 Å². The second-order valence-electron chi connectivity index (χ2n) is 12.9. The summed E-state index contributed by atoms with van der Waals surface area (Å²) in [6, 6.07) is 68.8. The zero-order valence-corrected chi connectivity index (χ0v) is 29.3. The summed E-state index contributed by atoms with van der Waals surface area (Å²) in [5.41, 5.74) is 13.5. The Hall–Kier alpha value is -5.74. The summed E-state index contributed by atoms with van der Waals surface area (Å²) in [5.74, 6) is 0. The first-order valence-electron chi connectivity index (χ1n) is 17.3. The molecule has 0 spiro atoms. The summed E-state index contributed by atoms with van der Waals surface area (Å²) >= 11 is 3.74. The molecule has 1 aliphatic rings. The number of benzene rings is 8. The minimum Gasteiger partial charge on any atom is -0.309 e. The number of nitrogens with zero attached hydrogens (tertiary/aromatic N) is 1. The van der Waals surface area contributed by atoms with Gasteiger partial charge < -0.3 is 4.57 Å². The number of para-hydroxylation sites is 2. The molecule has 0 saturated heterocycles. The third-order valence-electron chi connectivity index (χ3n) is 9.89. The van der Waals surface area contributed by atoms with Gasteiger partial charge in [0.2, 0.25) is 0 Å². The minimum absolute atomic E-state index is 1.17. The number of aromatic nitrogens is 1. The smallest absolute Gasteiger partial charge is 0.0547 e. The second kappa shape index (κ2) is 12.5. The summed E-state index contributed by atoms with van der Waals surface area (Å²) in [5, 5.41) is 2.54. The van der Waals surface area contributed by atoms with Crippen LogP contribution in [-0.2, 0) is 0 Å². The van der Waals surface area contributed by atoms with Gasteiger partial charge in [-0.1, -0.05) is 163 Å². The van der Waals surface area contributed by atoms with Gasteiger partial charge in [0.15, 0.2) is 0 Å². The van der Waals surface area contributed by atoms with Crippen LogP contribution in [0.3, 0.4) is 0 Å². The standard InChI is InChI=1S/C48H31NS2/c1-3-14-32(15-4-1)33-26-28-39-37-18-8-11-24-44(37)50-45-25-12-9-19-38(45)40-29-27-34(31-47(40)51-46(39)30-33)36-21-13-23-43-48(36)41-20-7-10-22-42(41)49(43)35-16-5-2-6-17-35/h1-31H. The van der Waals surface area contributed by atoms with Crippen LogP contribution in [0.5, 0.6) is 0 Å². The normalized spacial score (nSPS) is 12.2. The first-order chi connectivity index (χ1) is 25.3. The third kappa shape index (κ3) is 5.20. The fourth-order valence-electron chi connectivity index (χ4n) is 7.54. The first-order valence-corrected chi connectivity index (χ1v) is 18.9. The fourth-order valence-corrected chi connectivity index (χ4v) is 9.84. The Labute approximate surface area is 306 Å². The molecular formula is C48H31NS2. The molecule has 2 heterocycles. The summed E-state index contributed by atoms with van der Waals surface area (Å²) in [6.45, 7) is 0. The maximum Gasteiger partial charge on any atom is 0.0547 e. The van der Waals surface area contributed by atoms with Crippen molar-refractivity contribution in [2.24, 2.45) is 0 Å². The molecule has 0 saturated carbocycles. The van der Waals surface area contributed by atoms with E-state index in [1.165, 1.54) is 91.6 Å². The van der Waals surface area contributed by atoms with Crippen LogP contribution in [0.4, 0.5) is 0 Å². The molecule has 10 rings (SSSR count). The van der Waals surface area contributed by atoms with E-state index < -0.39 is 0 Å². The minimum atomic E-state index is 1.17. The van der Waals surface area contributed by atoms with Crippen molar-refractivity contribution in [3.05, 3.63) is 188 Å². The lowest BCUT2D eigenvalue weighted by atomic mass is 9.96. The Kier molecular flexibility index (Phi) is 7.41. The number of rotatable bonds is 3. The van der Waals surface area contributed by atoms with E-state index in [4.69, 9.17) is 0 Å². The Morgan fingerprint density at radius 2 is 0.824 bits per heavy atom. The average Bonchev–Trinajstić information content (AvgIpc) is 3.54. The van der Waals surface area contributed by atoms with Crippen molar-refractivity contribution in [2.45, 2.75) is 19.6 Å². The maximum atomic E-state index is 2.43. The van der Waals surface area contributed by atoms with Gasteiger partial charge in [0, 0.05) is 36.0 Å². The van der Waals surface area contributed by atoms with E-state index in [9.17, 15) is 0 Å². The van der Waals surface area contributed by atoms with Gasteiger partial charge in [0.1, 0.15) is 0 Å². The molecule has 0 radical (unpaired) electrons. The molecule has 0 bridgehead atoms. The zero-order chi connectivity index (χ0) is 33.7. The van der Waals surface area contributed by atoms with Crippen molar-refractivity contribution >= 4 is 45.3 Å². The first kappa shape index (κ1) is 30.1. The van der Waals surface area contributed by atoms with Crippen molar-refractivity contribution in [1.82, 2.24) is 4.57 Å². The van der Waals surface area contributed by atoms with E-state index in [1.807, 2.05) is 23.5 Å². The molecule has 3 heteroatoms. The third-order valence-corrected chi connectivity index (χ3v) is 12.2. The van der Waals surface area contributed by atoms with E-state index in [2.05, 4.69) is 193 Å². The molecule has 1 nitrogen and oxygen atoms in total. The van der Waals surface area contributed by atoms with Gasteiger partial charge >= 0.3 is 0 Å². The Bertz CT molecular complexity index is 2740. The number of hydrogen-bond acceptors (Lipinski definition) is 2. The van der Waals surface area contributed by atoms with Crippen LogP contribution in [0.15, 0.2) is 208 Å². The molecule has 51 heavy (non-hydrogen) atoms. The molecule has 0 fully saturated rings. The van der Waals surface area contributed by atoms with Gasteiger partial charge in [-0.05, 0) is 93.0 Å². The van der Waals surface area contributed by atoms with Gasteiger partial charge in [-0.2, -0.15) is 0 Å². The topological polar surface area (TPSA) is 4.93 Å². The predicted molar refractivity (Wildman–Crippen MR) is 217 cm³/mol. The van der Waals surface area contributed by atoms with Crippen molar-refractivity contribution in [3.63, 3.8) is 0 Å². The summed E-state index contributed by atoms with van der Waals surface area (Å²) in [6.07, 6.45) is 0. The largest absolute Gasteiger partial charge is 0.309 e. The van der Waals surface area contributed by atoms with Gasteiger partial charge in [-0.15, -0.1) is 0 Å². The lowest BCUT2D eigenvalue weighted by molar-refractivity contribution is 1.18. The molecule has 0 unspecified atom stereocenters. The second-order valence-corrected chi connectivity index (χ2v) is 15.0. The van der Waals surface area contributed by atoms with Crippen molar-refractivity contribution in [3.8, 4) is 50.2 Å². The molecule has 240 valence electrons. The average molecular weight is 686 g/mol. The highest BCUT2D eigenvalue weighted by atomic mass is 32.2. The molecule has 8 aromatic carbocycles. The summed E-state index contributed by atoms with van der Waals surface area (Å²) in [7, 11) is 0. The van der Waals surface area contributed by atoms with Crippen LogP contribution >= 0.6 is 23.5 Å². The van der Waals surface area contributed by atoms with Crippen LogP contribution in [0, 0.1) is 0 Å². The SMILES string of the molecule is c1ccc(-c2ccc3c(c2)Sc2cc(-c4cccc5c4c4ccccc4n5-c4ccccc4)ccc2-c2ccccc2Sc2ccccc2-3)cc1. The summed E-state index contributed by atoms with van der Waals surface area (Å²) in [4.78, 5) is 5.02. The van der Waals surface area contributed by atoms with E-state index in [1.54, 1.807) is 0 Å². The molecule has 0 amide bonds. The highest BCUT2D eigenvalue weighted by Gasteiger charge is 2.22. The quantitative estimate of drug-likeness (QED) is 0.182. The maximum absolute atomic E-state index is 2.43. The predicted octanol–water partition coefficient (Wildman–Crippen LogP) is 14.1. The molecule has 0 atom stereocenters. The van der Waals surface area contributed by atoms with Crippen LogP contribution in [-0.4, -0.2) is 4.57 Å². The van der Waals surface area contributed by atoms with Gasteiger partial charge in [-0.25, -0.2) is 0 Å². The summed E-state index contributed by atoms with van der Waals surface area (Å²) < 4.78 is 2.40. The van der Waals surface area contributed by atoms with Crippen molar-refractivity contribution in [2.75, 3.05) is 0 Å². The monoisotopic (exact) mass is 685 g/mol. The Morgan fingerprint density at radius 3 is 1.55 bits per heavy atom. The van der Waals surface area contributed by atoms with Crippen LogP contribution in [0.1, 0.15) is 0 Å². The molecule has 0 aliphatic carbocycles. The van der Waals surface area contributed by atoms with Gasteiger partial charge in [0.25, 0.3) is 0 Å². The van der Waals surface area contributed by atoms with Gasteiger partial charge in [-0.3, -0.25) is 0 Å². The lowest BCUT2D eigenvalue weighted by Gasteiger charge is -2.21. The highest BCUT2D eigenvalue weighted by molar-refractivity contribution is 8.00. The van der Waals surface area contributed by atoms with Crippen molar-refractivity contribution in [1.29, 1.82) is 0 Å². The number of fused-ring (bicyclic) bond motifs is 9. The van der Waals surface area contributed by atoms with Crippen LogP contribution in [0.2, 0.25) is 0 Å². The lowest BCUT2D eigenvalue weighted by Crippen LogP contribution is -1.94. The Balaban J connectivity index is 1.22. The molecule has 0 N–H and O–H groups in total. The molecular weight excluding hydrogens is 655 g/mol. The van der Waals surface area contributed by atoms with E-state index >= 15 is 0 Å². The molecule has 9 aromatic rings. The number of hydrogen-bond donors (Lipinski definition) is 0. The highest BCUT2D eigenvalue weighted by Crippen LogP contribution is 2.50.